The molecule has 0 bridgehead atoms. The summed E-state index contributed by atoms with van der Waals surface area (Å²) in [6, 6.07) is -0.801. The third kappa shape index (κ3) is 14.1. The lowest BCUT2D eigenvalue weighted by molar-refractivity contribution is -0.149. The fraction of sp³-hybridized carbons (Fsp3) is 0.484. The van der Waals surface area contributed by atoms with Gasteiger partial charge in [-0.3, -0.25) is 9.59 Å². The van der Waals surface area contributed by atoms with Gasteiger partial charge < -0.3 is 30.2 Å². The van der Waals surface area contributed by atoms with Gasteiger partial charge >= 0.3 is 12.1 Å². The van der Waals surface area contributed by atoms with Crippen molar-refractivity contribution in [2.24, 2.45) is 5.41 Å². The van der Waals surface area contributed by atoms with Gasteiger partial charge in [-0.1, -0.05) is 62.6 Å². The van der Waals surface area contributed by atoms with Crippen LogP contribution in [-0.2, 0) is 28.6 Å². The number of hydrogen-bond donors (Lipinski definition) is 3. The monoisotopic (exact) mass is 569 g/mol. The molecule has 0 aromatic rings. The molecule has 1 heterocycles. The van der Waals surface area contributed by atoms with Crippen molar-refractivity contribution in [3.63, 3.8) is 0 Å². The van der Waals surface area contributed by atoms with Crippen LogP contribution in [0.3, 0.4) is 0 Å². The zero-order valence-corrected chi connectivity index (χ0v) is 25.0. The summed E-state index contributed by atoms with van der Waals surface area (Å²) in [4.78, 5) is 48.7. The van der Waals surface area contributed by atoms with E-state index in [9.17, 15) is 19.2 Å². The highest BCUT2D eigenvalue weighted by Crippen LogP contribution is 2.20. The summed E-state index contributed by atoms with van der Waals surface area (Å²) >= 11 is 0. The van der Waals surface area contributed by atoms with E-state index in [1.165, 1.54) is 26.4 Å². The molecule has 1 aliphatic heterocycles. The average Bonchev–Trinajstić information content (AvgIpc) is 2.92. The first kappa shape index (κ1) is 34.8. The molecule has 3 amide bonds. The average molecular weight is 570 g/mol. The fourth-order valence-electron chi connectivity index (χ4n) is 3.54. The van der Waals surface area contributed by atoms with Gasteiger partial charge in [-0.15, -0.1) is 5.92 Å². The van der Waals surface area contributed by atoms with Crippen LogP contribution in [0.15, 0.2) is 60.1 Å². The van der Waals surface area contributed by atoms with E-state index in [0.717, 1.165) is 5.57 Å². The predicted molar refractivity (Wildman–Crippen MR) is 157 cm³/mol. The topological polar surface area (TPSA) is 132 Å². The Kier molecular flexibility index (Phi) is 15.4. The largest absolute Gasteiger partial charge is 0.490 e. The van der Waals surface area contributed by atoms with E-state index in [2.05, 4.69) is 27.8 Å². The summed E-state index contributed by atoms with van der Waals surface area (Å²) in [6.07, 6.45) is 13.9. The molecule has 0 radical (unpaired) electrons. The normalized spacial score (nSPS) is 17.2. The molecule has 41 heavy (non-hydrogen) atoms. The number of nitrogens with one attached hydrogen (secondary N) is 3. The van der Waals surface area contributed by atoms with Crippen LogP contribution in [0.5, 0.6) is 0 Å². The zero-order chi connectivity index (χ0) is 30.8. The maximum absolute atomic E-state index is 12.9. The number of methoxy groups -OCH3 is 1. The molecule has 224 valence electrons. The van der Waals surface area contributed by atoms with Crippen molar-refractivity contribution in [2.75, 3.05) is 14.2 Å². The standard InChI is InChI=1S/C31H43N3O7/c1-8-9-14-23(41-30(38)32-6)15-12-21-33-28(36)27(31(3,4)5)34-26(35)16-11-10-13-22(2)17-18-24-19-20-25(39-7)29(37)40-24/h10-13,16-17,20-21,23-24,27H,14-15,18-19H2,1-7H3,(H,32,38)(H,33,36)(H,34,35)/b13-10-,16-11-,21-12-,22-17+. The second kappa shape index (κ2) is 18.2. The maximum atomic E-state index is 12.9. The summed E-state index contributed by atoms with van der Waals surface area (Å²) in [5.41, 5.74) is 0.385. The number of rotatable bonds is 13. The van der Waals surface area contributed by atoms with E-state index >= 15 is 0 Å². The van der Waals surface area contributed by atoms with Crippen LogP contribution in [0.4, 0.5) is 4.79 Å². The highest BCUT2D eigenvalue weighted by molar-refractivity contribution is 5.93. The molecular weight excluding hydrogens is 526 g/mol. The van der Waals surface area contributed by atoms with E-state index in [-0.39, 0.29) is 17.8 Å². The molecule has 0 aliphatic carbocycles. The van der Waals surface area contributed by atoms with Crippen molar-refractivity contribution in [3.05, 3.63) is 60.1 Å². The number of amides is 3. The Labute approximate surface area is 243 Å². The number of carbonyl (C=O) groups is 4. The van der Waals surface area contributed by atoms with Crippen LogP contribution < -0.4 is 16.0 Å². The van der Waals surface area contributed by atoms with Crippen LogP contribution in [-0.4, -0.2) is 56.3 Å². The first-order valence-corrected chi connectivity index (χ1v) is 13.4. The first-order chi connectivity index (χ1) is 19.4. The van der Waals surface area contributed by atoms with Crippen molar-refractivity contribution >= 4 is 23.9 Å². The van der Waals surface area contributed by atoms with Crippen LogP contribution in [0.25, 0.3) is 0 Å². The number of ether oxygens (including phenoxy) is 3. The Bertz CT molecular complexity index is 1130. The van der Waals surface area contributed by atoms with Gasteiger partial charge in [0.1, 0.15) is 18.2 Å². The summed E-state index contributed by atoms with van der Waals surface area (Å²) in [7, 11) is 2.91. The Balaban J connectivity index is 2.64. The summed E-state index contributed by atoms with van der Waals surface area (Å²) in [5.74, 6) is 4.62. The van der Waals surface area contributed by atoms with Crippen LogP contribution in [0, 0.1) is 17.3 Å². The molecule has 0 saturated heterocycles. The van der Waals surface area contributed by atoms with Gasteiger partial charge in [0, 0.05) is 38.8 Å². The van der Waals surface area contributed by atoms with Crippen molar-refractivity contribution in [2.45, 2.75) is 78.6 Å². The smallest absolute Gasteiger partial charge is 0.407 e. The fourth-order valence-corrected chi connectivity index (χ4v) is 3.54. The van der Waals surface area contributed by atoms with Crippen molar-refractivity contribution in [1.82, 2.24) is 16.0 Å². The van der Waals surface area contributed by atoms with E-state index in [4.69, 9.17) is 14.2 Å². The second-order valence-electron chi connectivity index (χ2n) is 10.3. The number of allylic oxidation sites excluding steroid dienone is 4. The quantitative estimate of drug-likeness (QED) is 0.132. The predicted octanol–water partition coefficient (Wildman–Crippen LogP) is 3.97. The third-order valence-electron chi connectivity index (χ3n) is 5.82. The van der Waals surface area contributed by atoms with Crippen LogP contribution in [0.2, 0.25) is 0 Å². The Hall–Kier alpha value is -4.26. The summed E-state index contributed by atoms with van der Waals surface area (Å²) < 4.78 is 15.5. The first-order valence-electron chi connectivity index (χ1n) is 13.4. The SMILES string of the molecule is CC#CCC(C/C=C\NC(=O)C(NC(=O)\C=C/C=C\C(C)=C\CC1CC=C(OC)C(=O)O1)C(C)(C)C)OC(=O)NC. The molecule has 0 saturated carbocycles. The van der Waals surface area contributed by atoms with Gasteiger partial charge in [0.05, 0.1) is 7.11 Å². The molecular formula is C31H43N3O7. The Morgan fingerprint density at radius 2 is 1.93 bits per heavy atom. The highest BCUT2D eigenvalue weighted by atomic mass is 16.6. The van der Waals surface area contributed by atoms with Crippen molar-refractivity contribution < 1.29 is 33.4 Å². The number of esters is 1. The van der Waals surface area contributed by atoms with Gasteiger partial charge in [-0.2, -0.15) is 0 Å². The molecule has 3 atom stereocenters. The zero-order valence-electron chi connectivity index (χ0n) is 25.0. The minimum absolute atomic E-state index is 0.226. The summed E-state index contributed by atoms with van der Waals surface area (Å²) in [5, 5.41) is 7.85. The highest BCUT2D eigenvalue weighted by Gasteiger charge is 2.32. The molecule has 0 aromatic heterocycles. The van der Waals surface area contributed by atoms with E-state index < -0.39 is 35.5 Å². The lowest BCUT2D eigenvalue weighted by Crippen LogP contribution is -2.52. The molecule has 0 spiro atoms. The van der Waals surface area contributed by atoms with Crippen molar-refractivity contribution in [3.8, 4) is 11.8 Å². The molecule has 0 fully saturated rings. The second-order valence-corrected chi connectivity index (χ2v) is 10.3. The van der Waals surface area contributed by atoms with Crippen LogP contribution in [0.1, 0.15) is 60.3 Å². The number of alkyl carbamates (subject to hydrolysis) is 1. The Morgan fingerprint density at radius 3 is 2.54 bits per heavy atom. The molecule has 1 rings (SSSR count). The lowest BCUT2D eigenvalue weighted by atomic mass is 9.86. The molecule has 10 heteroatoms. The van der Waals surface area contributed by atoms with E-state index in [0.29, 0.717) is 25.7 Å². The molecule has 10 nitrogen and oxygen atoms in total. The van der Waals surface area contributed by atoms with Gasteiger partial charge in [0.2, 0.25) is 11.8 Å². The minimum atomic E-state index is -0.801. The van der Waals surface area contributed by atoms with Gasteiger partial charge in [-0.25, -0.2) is 9.59 Å². The molecule has 3 N–H and O–H groups in total. The minimum Gasteiger partial charge on any atom is -0.490 e. The number of cyclic esters (lactones) is 1. The van der Waals surface area contributed by atoms with Gasteiger partial charge in [-0.05, 0) is 31.5 Å². The van der Waals surface area contributed by atoms with E-state index in [1.54, 1.807) is 31.2 Å². The molecule has 1 aliphatic rings. The van der Waals surface area contributed by atoms with Gasteiger partial charge in [0.15, 0.2) is 5.76 Å². The van der Waals surface area contributed by atoms with Gasteiger partial charge in [0.25, 0.3) is 0 Å². The molecule has 0 aromatic carbocycles. The number of hydrogen-bond acceptors (Lipinski definition) is 7. The number of carbonyl (C=O) groups excluding carboxylic acids is 4. The Morgan fingerprint density at radius 1 is 1.22 bits per heavy atom. The molecule has 3 unspecified atom stereocenters. The third-order valence-corrected chi connectivity index (χ3v) is 5.82. The van der Waals surface area contributed by atoms with Crippen molar-refractivity contribution in [1.29, 1.82) is 0 Å². The lowest BCUT2D eigenvalue weighted by Gasteiger charge is -2.29. The van der Waals surface area contributed by atoms with Crippen LogP contribution >= 0.6 is 0 Å². The summed E-state index contributed by atoms with van der Waals surface area (Å²) in [6.45, 7) is 9.16. The van der Waals surface area contributed by atoms with E-state index in [1.807, 2.05) is 39.8 Å². The maximum Gasteiger partial charge on any atom is 0.407 e.